The second-order valence-electron chi connectivity index (χ2n) is 12.0. The van der Waals surface area contributed by atoms with Gasteiger partial charge in [0, 0.05) is 33.4 Å². The van der Waals surface area contributed by atoms with Crippen molar-refractivity contribution in [2.24, 2.45) is 0 Å². The Morgan fingerprint density at radius 2 is 0.812 bits per heavy atom. The van der Waals surface area contributed by atoms with Crippen LogP contribution in [0.2, 0.25) is 0 Å². The maximum Gasteiger partial charge on any atom is 0.227 e. The Morgan fingerprint density at radius 3 is 1.52 bits per heavy atom. The van der Waals surface area contributed by atoms with E-state index in [9.17, 15) is 0 Å². The summed E-state index contributed by atoms with van der Waals surface area (Å²) < 4.78 is 6.62. The normalized spacial score (nSPS) is 11.3. The lowest BCUT2D eigenvalue weighted by Crippen LogP contribution is -2.10. The summed E-state index contributed by atoms with van der Waals surface area (Å²) >= 11 is 0. The average Bonchev–Trinajstić information content (AvgIpc) is 3.63. The van der Waals surface area contributed by atoms with Crippen LogP contribution >= 0.6 is 0 Å². The van der Waals surface area contributed by atoms with Crippen LogP contribution in [0.5, 0.6) is 0 Å². The summed E-state index contributed by atoms with van der Waals surface area (Å²) in [5.41, 5.74) is 10.5. The minimum Gasteiger partial charge on any atom is -0.435 e. The number of anilines is 3. The van der Waals surface area contributed by atoms with E-state index in [0.717, 1.165) is 50.1 Å². The molecule has 9 aromatic rings. The molecule has 0 saturated heterocycles. The number of para-hydroxylation sites is 1. The van der Waals surface area contributed by atoms with Crippen LogP contribution in [0.1, 0.15) is 0 Å². The summed E-state index contributed by atoms with van der Waals surface area (Å²) in [4.78, 5) is 7.40. The van der Waals surface area contributed by atoms with Gasteiger partial charge >= 0.3 is 0 Å². The van der Waals surface area contributed by atoms with Crippen LogP contribution in [0.3, 0.4) is 0 Å². The Hall–Kier alpha value is -6.45. The molecule has 226 valence electrons. The summed E-state index contributed by atoms with van der Waals surface area (Å²) in [5.74, 6) is 0.604. The van der Waals surface area contributed by atoms with Crippen LogP contribution in [0.4, 0.5) is 17.1 Å². The van der Waals surface area contributed by atoms with Crippen molar-refractivity contribution in [2.45, 2.75) is 0 Å². The number of fused-ring (bicyclic) bond motifs is 6. The Morgan fingerprint density at radius 1 is 0.354 bits per heavy atom. The zero-order valence-electron chi connectivity index (χ0n) is 26.1. The smallest absolute Gasteiger partial charge is 0.227 e. The van der Waals surface area contributed by atoms with Gasteiger partial charge in [-0.05, 0) is 81.6 Å². The van der Waals surface area contributed by atoms with Gasteiger partial charge in [0.25, 0.3) is 0 Å². The predicted molar refractivity (Wildman–Crippen MR) is 200 cm³/mol. The number of nitrogens with zero attached hydrogens (tertiary/aromatic N) is 2. The third kappa shape index (κ3) is 4.90. The first-order valence-electron chi connectivity index (χ1n) is 16.2. The van der Waals surface area contributed by atoms with Crippen molar-refractivity contribution in [1.29, 1.82) is 0 Å². The summed E-state index contributed by atoms with van der Waals surface area (Å²) in [5, 5.41) is 4.51. The number of rotatable bonds is 6. The minimum atomic E-state index is 0.604. The molecule has 0 spiro atoms. The summed E-state index contributed by atoms with van der Waals surface area (Å²) in [7, 11) is 0. The Labute approximate surface area is 279 Å². The molecular weight excluding hydrogens is 585 g/mol. The molecule has 0 saturated carbocycles. The van der Waals surface area contributed by atoms with E-state index in [-0.39, 0.29) is 0 Å². The van der Waals surface area contributed by atoms with Gasteiger partial charge in [0.05, 0.1) is 0 Å². The van der Waals surface area contributed by atoms with E-state index in [0.29, 0.717) is 5.89 Å². The fourth-order valence-corrected chi connectivity index (χ4v) is 6.78. The van der Waals surface area contributed by atoms with Crippen LogP contribution in [0.15, 0.2) is 186 Å². The molecule has 48 heavy (non-hydrogen) atoms. The van der Waals surface area contributed by atoms with Gasteiger partial charge in [0.15, 0.2) is 5.58 Å². The standard InChI is InChI=1S/C45H30N2O/c1-3-14-31(15-4-1)32-16-11-17-33(28-32)34-18-12-22-37(29-34)47(36-20-5-2-6-21-36)38-23-13-19-35(30-38)45-46-43-41-26-9-7-24-39(41)40-25-8-10-27-42(40)44(43)48-45/h1-30H. The fraction of sp³-hybridized carbons (Fsp3) is 0. The molecule has 9 rings (SSSR count). The van der Waals surface area contributed by atoms with E-state index in [2.05, 4.69) is 187 Å². The van der Waals surface area contributed by atoms with Crippen molar-refractivity contribution < 1.29 is 4.42 Å². The largest absolute Gasteiger partial charge is 0.435 e. The zero-order valence-corrected chi connectivity index (χ0v) is 26.1. The molecule has 3 nitrogen and oxygen atoms in total. The van der Waals surface area contributed by atoms with Crippen molar-refractivity contribution in [2.75, 3.05) is 4.90 Å². The van der Waals surface area contributed by atoms with Crippen LogP contribution in [-0.2, 0) is 0 Å². The van der Waals surface area contributed by atoms with Crippen LogP contribution in [-0.4, -0.2) is 4.98 Å². The zero-order chi connectivity index (χ0) is 31.9. The molecule has 0 aliphatic heterocycles. The fourth-order valence-electron chi connectivity index (χ4n) is 6.78. The van der Waals surface area contributed by atoms with E-state index in [1.54, 1.807) is 0 Å². The lowest BCUT2D eigenvalue weighted by molar-refractivity contribution is 0.623. The highest BCUT2D eigenvalue weighted by atomic mass is 16.3. The first kappa shape index (κ1) is 27.8. The summed E-state index contributed by atoms with van der Waals surface area (Å²) in [6, 6.07) is 63.9. The predicted octanol–water partition coefficient (Wildman–Crippen LogP) is 12.6. The Kier molecular flexibility index (Phi) is 6.80. The average molecular weight is 615 g/mol. The van der Waals surface area contributed by atoms with E-state index in [1.165, 1.54) is 27.5 Å². The van der Waals surface area contributed by atoms with Gasteiger partial charge in [0.2, 0.25) is 5.89 Å². The van der Waals surface area contributed by atoms with Gasteiger partial charge < -0.3 is 9.32 Å². The van der Waals surface area contributed by atoms with Gasteiger partial charge in [-0.25, -0.2) is 4.98 Å². The molecule has 0 bridgehead atoms. The molecule has 0 fully saturated rings. The molecule has 1 aromatic heterocycles. The SMILES string of the molecule is c1ccc(-c2cccc(-c3cccc(N(c4ccccc4)c4cccc(-c5nc6c7ccccc7c7ccccc7c6o5)c4)c3)c2)cc1. The van der Waals surface area contributed by atoms with E-state index in [1.807, 2.05) is 0 Å². The van der Waals surface area contributed by atoms with Crippen LogP contribution < -0.4 is 4.90 Å². The Balaban J connectivity index is 1.16. The lowest BCUT2D eigenvalue weighted by Gasteiger charge is -2.26. The molecule has 8 aromatic carbocycles. The van der Waals surface area contributed by atoms with E-state index < -0.39 is 0 Å². The van der Waals surface area contributed by atoms with Gasteiger partial charge in [-0.1, -0.05) is 133 Å². The highest BCUT2D eigenvalue weighted by molar-refractivity contribution is 6.22. The molecule has 0 atom stereocenters. The molecule has 0 unspecified atom stereocenters. The first-order valence-corrected chi connectivity index (χ1v) is 16.2. The highest BCUT2D eigenvalue weighted by Gasteiger charge is 2.18. The van der Waals surface area contributed by atoms with Crippen molar-refractivity contribution in [3.63, 3.8) is 0 Å². The van der Waals surface area contributed by atoms with E-state index >= 15 is 0 Å². The molecule has 0 amide bonds. The highest BCUT2D eigenvalue weighted by Crippen LogP contribution is 2.41. The molecule has 0 radical (unpaired) electrons. The Bertz CT molecular complexity index is 2500. The first-order chi connectivity index (χ1) is 23.8. The number of oxazole rings is 1. The van der Waals surface area contributed by atoms with Crippen molar-refractivity contribution in [3.8, 4) is 33.7 Å². The van der Waals surface area contributed by atoms with E-state index in [4.69, 9.17) is 9.40 Å². The molecule has 0 aliphatic rings. The second kappa shape index (κ2) is 11.7. The van der Waals surface area contributed by atoms with Gasteiger partial charge in [0.1, 0.15) is 5.52 Å². The molecule has 1 heterocycles. The second-order valence-corrected chi connectivity index (χ2v) is 12.0. The minimum absolute atomic E-state index is 0.604. The molecule has 3 heteroatoms. The number of benzene rings is 8. The van der Waals surface area contributed by atoms with Crippen molar-refractivity contribution in [3.05, 3.63) is 182 Å². The van der Waals surface area contributed by atoms with Crippen molar-refractivity contribution in [1.82, 2.24) is 4.98 Å². The third-order valence-corrected chi connectivity index (χ3v) is 9.04. The van der Waals surface area contributed by atoms with Gasteiger partial charge in [-0.2, -0.15) is 0 Å². The monoisotopic (exact) mass is 614 g/mol. The molecule has 0 N–H and O–H groups in total. The topological polar surface area (TPSA) is 29.3 Å². The third-order valence-electron chi connectivity index (χ3n) is 9.04. The molecule has 0 aliphatic carbocycles. The lowest BCUT2D eigenvalue weighted by atomic mass is 9.98. The van der Waals surface area contributed by atoms with Gasteiger partial charge in [-0.3, -0.25) is 0 Å². The maximum absolute atomic E-state index is 6.62. The van der Waals surface area contributed by atoms with Crippen LogP contribution in [0.25, 0.3) is 66.4 Å². The summed E-state index contributed by atoms with van der Waals surface area (Å²) in [6.45, 7) is 0. The number of hydrogen-bond acceptors (Lipinski definition) is 3. The maximum atomic E-state index is 6.62. The van der Waals surface area contributed by atoms with Crippen molar-refractivity contribution >= 4 is 49.7 Å². The summed E-state index contributed by atoms with van der Waals surface area (Å²) in [6.07, 6.45) is 0. The van der Waals surface area contributed by atoms with Crippen LogP contribution in [0, 0.1) is 0 Å². The number of hydrogen-bond donors (Lipinski definition) is 0. The number of aromatic nitrogens is 1. The molecular formula is C45H30N2O. The van der Waals surface area contributed by atoms with Gasteiger partial charge in [-0.15, -0.1) is 0 Å². The quantitative estimate of drug-likeness (QED) is 0.175.